The van der Waals surface area contributed by atoms with Crippen LogP contribution in [0.2, 0.25) is 0 Å². The topological polar surface area (TPSA) is 58.4 Å². The maximum Gasteiger partial charge on any atom is 0.253 e. The number of nitrogens with zero attached hydrogens (tertiary/aromatic N) is 1. The maximum atomic E-state index is 12.6. The largest absolute Gasteiger partial charge is 0.399 e. The van der Waals surface area contributed by atoms with E-state index in [0.717, 1.165) is 5.69 Å². The minimum Gasteiger partial charge on any atom is -0.399 e. The second-order valence-electron chi connectivity index (χ2n) is 6.46. The summed E-state index contributed by atoms with van der Waals surface area (Å²) in [5.74, 6) is -0.106. The number of carbonyl (C=O) groups excluding carboxylic acids is 1. The smallest absolute Gasteiger partial charge is 0.253 e. The Bertz CT molecular complexity index is 837. The molecule has 0 radical (unpaired) electrons. The zero-order chi connectivity index (χ0) is 19.1. The van der Waals surface area contributed by atoms with Crippen molar-refractivity contribution in [3.8, 4) is 0 Å². The van der Waals surface area contributed by atoms with E-state index in [1.54, 1.807) is 6.07 Å². The van der Waals surface area contributed by atoms with Crippen molar-refractivity contribution in [1.29, 1.82) is 0 Å². The highest BCUT2D eigenvalue weighted by Gasteiger charge is 2.17. The van der Waals surface area contributed by atoms with Gasteiger partial charge in [0.1, 0.15) is 0 Å². The maximum absolute atomic E-state index is 12.6. The Morgan fingerprint density at radius 3 is 1.96 bits per heavy atom. The Kier molecular flexibility index (Phi) is 6.10. The van der Waals surface area contributed by atoms with E-state index in [0.29, 0.717) is 30.9 Å². The van der Waals surface area contributed by atoms with Crippen LogP contribution in [-0.4, -0.2) is 12.5 Å². The first kappa shape index (κ1) is 18.5. The molecule has 0 fully saturated rings. The van der Waals surface area contributed by atoms with E-state index in [9.17, 15) is 4.79 Å². The summed E-state index contributed by atoms with van der Waals surface area (Å²) >= 11 is 0. The third-order valence-corrected chi connectivity index (χ3v) is 4.38. The van der Waals surface area contributed by atoms with Gasteiger partial charge in [-0.3, -0.25) is 4.79 Å². The SMILES string of the molecule is CCNC(=O)c1cc(N)ccc1N(Cc1ccccc1)Cc1ccccc1. The molecular weight excluding hydrogens is 334 g/mol. The lowest BCUT2D eigenvalue weighted by atomic mass is 10.1. The van der Waals surface area contributed by atoms with Crippen LogP contribution in [0.3, 0.4) is 0 Å². The van der Waals surface area contributed by atoms with Crippen LogP contribution < -0.4 is 16.0 Å². The number of anilines is 2. The van der Waals surface area contributed by atoms with Gasteiger partial charge in [-0.15, -0.1) is 0 Å². The Morgan fingerprint density at radius 1 is 0.889 bits per heavy atom. The zero-order valence-corrected chi connectivity index (χ0v) is 15.6. The first-order chi connectivity index (χ1) is 13.2. The molecule has 3 rings (SSSR count). The number of amides is 1. The Hall–Kier alpha value is -3.27. The van der Waals surface area contributed by atoms with Crippen LogP contribution in [0.5, 0.6) is 0 Å². The van der Waals surface area contributed by atoms with Crippen LogP contribution >= 0.6 is 0 Å². The molecule has 138 valence electrons. The zero-order valence-electron chi connectivity index (χ0n) is 15.6. The molecule has 0 bridgehead atoms. The fourth-order valence-corrected chi connectivity index (χ4v) is 3.10. The van der Waals surface area contributed by atoms with Crippen LogP contribution in [0.25, 0.3) is 0 Å². The Morgan fingerprint density at radius 2 is 1.44 bits per heavy atom. The fraction of sp³-hybridized carbons (Fsp3) is 0.174. The van der Waals surface area contributed by atoms with Crippen LogP contribution in [0, 0.1) is 0 Å². The van der Waals surface area contributed by atoms with Crippen molar-refractivity contribution in [3.05, 3.63) is 95.6 Å². The second-order valence-corrected chi connectivity index (χ2v) is 6.46. The molecule has 4 heteroatoms. The molecule has 0 unspecified atom stereocenters. The molecular formula is C23H25N3O. The molecule has 0 heterocycles. The third-order valence-electron chi connectivity index (χ3n) is 4.38. The van der Waals surface area contributed by atoms with Gasteiger partial charge in [0.2, 0.25) is 0 Å². The van der Waals surface area contributed by atoms with Crippen molar-refractivity contribution in [3.63, 3.8) is 0 Å². The summed E-state index contributed by atoms with van der Waals surface area (Å²) in [7, 11) is 0. The monoisotopic (exact) mass is 359 g/mol. The van der Waals surface area contributed by atoms with E-state index >= 15 is 0 Å². The van der Waals surface area contributed by atoms with Gasteiger partial charge in [0.25, 0.3) is 5.91 Å². The summed E-state index contributed by atoms with van der Waals surface area (Å²) in [5.41, 5.74) is 10.4. The molecule has 3 N–H and O–H groups in total. The number of hydrogen-bond donors (Lipinski definition) is 2. The van der Waals surface area contributed by atoms with Crippen molar-refractivity contribution in [2.45, 2.75) is 20.0 Å². The lowest BCUT2D eigenvalue weighted by Crippen LogP contribution is -2.28. The molecule has 0 aliphatic carbocycles. The summed E-state index contributed by atoms with van der Waals surface area (Å²) in [6, 6.07) is 26.1. The van der Waals surface area contributed by atoms with Gasteiger partial charge >= 0.3 is 0 Å². The fourth-order valence-electron chi connectivity index (χ4n) is 3.10. The molecule has 3 aromatic carbocycles. The number of nitrogens with one attached hydrogen (secondary N) is 1. The number of carbonyl (C=O) groups is 1. The van der Waals surface area contributed by atoms with Gasteiger partial charge in [-0.2, -0.15) is 0 Å². The molecule has 0 spiro atoms. The molecule has 3 aromatic rings. The van der Waals surface area contributed by atoms with E-state index in [1.807, 2.05) is 55.5 Å². The molecule has 0 atom stereocenters. The van der Waals surface area contributed by atoms with Gasteiger partial charge in [0.15, 0.2) is 0 Å². The highest BCUT2D eigenvalue weighted by Crippen LogP contribution is 2.27. The van der Waals surface area contributed by atoms with E-state index in [4.69, 9.17) is 5.73 Å². The van der Waals surface area contributed by atoms with Crippen molar-refractivity contribution in [1.82, 2.24) is 5.32 Å². The molecule has 4 nitrogen and oxygen atoms in total. The Labute approximate surface area is 160 Å². The standard InChI is InChI=1S/C23H25N3O/c1-2-25-23(27)21-15-20(24)13-14-22(21)26(16-18-9-5-3-6-10-18)17-19-11-7-4-8-12-19/h3-15H,2,16-17,24H2,1H3,(H,25,27). The first-order valence-electron chi connectivity index (χ1n) is 9.18. The Balaban J connectivity index is 2.00. The number of nitrogen functional groups attached to an aromatic ring is 1. The van der Waals surface area contributed by atoms with E-state index in [2.05, 4.69) is 34.5 Å². The highest BCUT2D eigenvalue weighted by atomic mass is 16.1. The van der Waals surface area contributed by atoms with Crippen molar-refractivity contribution in [2.75, 3.05) is 17.2 Å². The van der Waals surface area contributed by atoms with Gasteiger partial charge in [0, 0.05) is 25.3 Å². The summed E-state index contributed by atoms with van der Waals surface area (Å²) in [6.45, 7) is 3.89. The van der Waals surface area contributed by atoms with E-state index in [1.165, 1.54) is 11.1 Å². The first-order valence-corrected chi connectivity index (χ1v) is 9.18. The molecule has 27 heavy (non-hydrogen) atoms. The van der Waals surface area contributed by atoms with E-state index in [-0.39, 0.29) is 5.91 Å². The molecule has 0 saturated carbocycles. The quantitative estimate of drug-likeness (QED) is 0.621. The lowest BCUT2D eigenvalue weighted by Gasteiger charge is -2.27. The van der Waals surface area contributed by atoms with Gasteiger partial charge in [-0.25, -0.2) is 0 Å². The molecule has 0 saturated heterocycles. The van der Waals surface area contributed by atoms with Gasteiger partial charge in [-0.05, 0) is 36.2 Å². The summed E-state index contributed by atoms with van der Waals surface area (Å²) in [4.78, 5) is 14.9. The van der Waals surface area contributed by atoms with Crippen LogP contribution in [-0.2, 0) is 13.1 Å². The second kappa shape index (κ2) is 8.90. The molecule has 0 aliphatic rings. The third kappa shape index (κ3) is 4.88. The number of rotatable bonds is 7. The van der Waals surface area contributed by atoms with Gasteiger partial charge in [-0.1, -0.05) is 60.7 Å². The van der Waals surface area contributed by atoms with Crippen LogP contribution in [0.4, 0.5) is 11.4 Å². The van der Waals surface area contributed by atoms with Crippen molar-refractivity contribution in [2.24, 2.45) is 0 Å². The van der Waals surface area contributed by atoms with Crippen molar-refractivity contribution < 1.29 is 4.79 Å². The van der Waals surface area contributed by atoms with Gasteiger partial charge < -0.3 is 16.0 Å². The molecule has 0 aromatic heterocycles. The van der Waals surface area contributed by atoms with E-state index < -0.39 is 0 Å². The number of benzene rings is 3. The average molecular weight is 359 g/mol. The normalized spacial score (nSPS) is 10.4. The lowest BCUT2D eigenvalue weighted by molar-refractivity contribution is 0.0956. The van der Waals surface area contributed by atoms with Crippen LogP contribution in [0.15, 0.2) is 78.9 Å². The summed E-state index contributed by atoms with van der Waals surface area (Å²) in [6.07, 6.45) is 0. The number of hydrogen-bond acceptors (Lipinski definition) is 3. The van der Waals surface area contributed by atoms with Crippen molar-refractivity contribution >= 4 is 17.3 Å². The average Bonchev–Trinajstić information content (AvgIpc) is 2.69. The highest BCUT2D eigenvalue weighted by molar-refractivity contribution is 6.00. The predicted molar refractivity (Wildman–Crippen MR) is 112 cm³/mol. The summed E-state index contributed by atoms with van der Waals surface area (Å²) in [5, 5.41) is 2.89. The minimum absolute atomic E-state index is 0.106. The minimum atomic E-state index is -0.106. The number of nitrogens with two attached hydrogens (primary N) is 1. The summed E-state index contributed by atoms with van der Waals surface area (Å²) < 4.78 is 0. The molecule has 1 amide bonds. The predicted octanol–water partition coefficient (Wildman–Crippen LogP) is 4.23. The van der Waals surface area contributed by atoms with Crippen LogP contribution in [0.1, 0.15) is 28.4 Å². The van der Waals surface area contributed by atoms with Gasteiger partial charge in [0.05, 0.1) is 11.3 Å². The molecule has 0 aliphatic heterocycles.